The first kappa shape index (κ1) is 102. The van der Waals surface area contributed by atoms with Crippen LogP contribution in [0.2, 0.25) is 20.1 Å². The fraction of sp³-hybridized carbons (Fsp3) is 0.138. The lowest BCUT2D eigenvalue weighted by Crippen LogP contribution is -2.29. The number of carbonyl (C=O) groups excluding carboxylic acids is 5. The maximum atomic E-state index is 14.6. The highest BCUT2D eigenvalue weighted by molar-refractivity contribution is 8.00. The minimum absolute atomic E-state index is 0.0439. The number of benzene rings is 15. The number of hydrogen-bond acceptors (Lipinski definition) is 16. The molecule has 15 aromatic rings. The van der Waals surface area contributed by atoms with E-state index in [-0.39, 0.29) is 53.5 Å². The summed E-state index contributed by atoms with van der Waals surface area (Å²) in [5.41, 5.74) is 19.7. The Morgan fingerprint density at radius 3 is 0.937 bits per heavy atom. The maximum Gasteiger partial charge on any atom is 0.251 e. The van der Waals surface area contributed by atoms with E-state index in [1.807, 2.05) is 298 Å². The molecule has 0 bridgehead atoms. The van der Waals surface area contributed by atoms with Crippen molar-refractivity contribution < 1.29 is 33.1 Å². The van der Waals surface area contributed by atoms with Crippen LogP contribution in [0.4, 0.5) is 32.8 Å². The van der Waals surface area contributed by atoms with Gasteiger partial charge in [-0.3, -0.25) is 24.0 Å². The van der Waals surface area contributed by atoms with Gasteiger partial charge in [-0.05, 0) is 230 Å². The molecule has 0 aromatic heterocycles. The molecule has 5 amide bonds. The molecular formula is C116H97Cl4FN10O6S5. The Hall–Kier alpha value is -13.4. The van der Waals surface area contributed by atoms with Gasteiger partial charge in [0.25, 0.3) is 29.5 Å². The molecule has 0 saturated heterocycles. The van der Waals surface area contributed by atoms with Crippen molar-refractivity contribution in [3.63, 3.8) is 0 Å². The Kier molecular flexibility index (Phi) is 34.0. The van der Waals surface area contributed by atoms with Crippen molar-refractivity contribution in [3.05, 3.63) is 437 Å². The Balaban J connectivity index is 0.000000128. The second-order valence-corrected chi connectivity index (χ2v) is 41.0. The first-order valence-electron chi connectivity index (χ1n) is 46.2. The van der Waals surface area contributed by atoms with Gasteiger partial charge in [-0.15, -0.1) is 0 Å². The molecule has 5 N–H and O–H groups in total. The third-order valence-electron chi connectivity index (χ3n) is 22.3. The van der Waals surface area contributed by atoms with Crippen molar-refractivity contribution in [2.75, 3.05) is 20.2 Å². The summed E-state index contributed by atoms with van der Waals surface area (Å²) < 4.78 is 20.2. The Morgan fingerprint density at radius 1 is 0.289 bits per heavy atom. The highest BCUT2D eigenvalue weighted by Crippen LogP contribution is 2.49. The van der Waals surface area contributed by atoms with Crippen LogP contribution in [0.25, 0.3) is 0 Å². The van der Waals surface area contributed by atoms with E-state index in [2.05, 4.69) is 69.0 Å². The molecular weight excluding hydrogens is 1950 g/mol. The van der Waals surface area contributed by atoms with E-state index in [1.54, 1.807) is 102 Å². The summed E-state index contributed by atoms with van der Waals surface area (Å²) >= 11 is 33.3. The number of para-hydroxylation sites is 1. The Bertz CT molecular complexity index is 7530. The fourth-order valence-electron chi connectivity index (χ4n) is 15.6. The average Bonchev–Trinajstić information content (AvgIpc) is 1.65. The number of carbonyl (C=O) groups is 5. The number of fused-ring (bicyclic) bond motifs is 10. The number of nitrogens with one attached hydrogen (secondary N) is 5. The monoisotopic (exact) mass is 2040 g/mol. The van der Waals surface area contributed by atoms with Gasteiger partial charge in [-0.25, -0.2) is 29.4 Å². The van der Waals surface area contributed by atoms with E-state index in [4.69, 9.17) is 76.1 Å². The van der Waals surface area contributed by atoms with Gasteiger partial charge in [0.05, 0.1) is 74.2 Å². The molecule has 0 fully saturated rings. The highest BCUT2D eigenvalue weighted by atomic mass is 35.5. The molecule has 15 aromatic carbocycles. The quantitative estimate of drug-likeness (QED) is 0.0544. The van der Waals surface area contributed by atoms with Crippen LogP contribution in [0.3, 0.4) is 0 Å². The van der Waals surface area contributed by atoms with Crippen LogP contribution in [0.15, 0.2) is 402 Å². The number of methoxy groups -OCH3 is 1. The van der Waals surface area contributed by atoms with Gasteiger partial charge >= 0.3 is 0 Å². The van der Waals surface area contributed by atoms with Crippen molar-refractivity contribution in [2.24, 2.45) is 25.0 Å². The van der Waals surface area contributed by atoms with Crippen LogP contribution in [0.5, 0.6) is 5.75 Å². The van der Waals surface area contributed by atoms with Crippen LogP contribution in [0.1, 0.15) is 176 Å². The van der Waals surface area contributed by atoms with Crippen LogP contribution >= 0.6 is 105 Å². The van der Waals surface area contributed by atoms with Gasteiger partial charge in [0.15, 0.2) is 0 Å². The number of hydrogen-bond donors (Lipinski definition) is 5. The number of ether oxygens (including phenoxy) is 1. The second-order valence-electron chi connectivity index (χ2n) is 33.9. The Morgan fingerprint density at radius 2 is 0.592 bits per heavy atom. The standard InChI is InChI=1S/C24H22N2O2S.C23H18Cl2N2OS.2C23H19ClN2OS.C23H19FN2OS/c1-15(2)25-24(27)16-12-13-22-19(14-16)26-23(17-8-4-6-10-20(17)28-3)18-9-5-7-11-21(18)29-22;1-13(2)26-23(28)15-8-10-21-19(12-15)27-22(14-7-9-17(24)18(25)11-14)16-5-3-4-6-20(16)29-21;1-2-13-25-23(27)15-11-12-21-19(14-15)26-22(16-7-3-5-9-18(16)24)17-8-4-6-10-20(17)28-21;1-2-12-25-23(27)16-10-11-21-19(14-16)26-22(15-6-5-7-17(24)13-15)18-8-3-4-9-20(18)28-21;1-14(2)25-23(27)15-11-12-21-19(13-15)26-22(16-7-3-5-9-18(16)24)17-8-4-6-10-20(17)28-21/h4-15H,1-3H3,(H,25,27);3-13H,1-2H3,(H,26,28);3-12,14H,2,13H2,1H3,(H,25,27);3-11,13-14H,2,12H2,1H3,(H,25,27);3-14H,1-2H3,(H,25,27). The van der Waals surface area contributed by atoms with Gasteiger partial charge in [0, 0.05) is 174 Å². The van der Waals surface area contributed by atoms with Gasteiger partial charge in [-0.2, -0.15) is 0 Å². The minimum Gasteiger partial charge on any atom is -0.496 e. The summed E-state index contributed by atoms with van der Waals surface area (Å²) in [6.07, 6.45) is 1.80. The van der Waals surface area contributed by atoms with Gasteiger partial charge < -0.3 is 31.3 Å². The molecule has 0 spiro atoms. The number of aliphatic imine (C=N–C) groups is 5. The maximum absolute atomic E-state index is 14.6. The fourth-order valence-corrected chi connectivity index (χ4v) is 21.3. The van der Waals surface area contributed by atoms with Crippen molar-refractivity contribution >= 4 is 192 Å². The minimum atomic E-state index is -0.321. The number of nitrogens with zero attached hydrogens (tertiary/aromatic N) is 5. The predicted octanol–water partition coefficient (Wildman–Crippen LogP) is 30.1. The largest absolute Gasteiger partial charge is 0.496 e. The molecule has 5 aliphatic heterocycles. The molecule has 5 aliphatic rings. The van der Waals surface area contributed by atoms with Gasteiger partial charge in [0.1, 0.15) is 11.6 Å². The van der Waals surface area contributed by atoms with Crippen LogP contribution in [-0.4, -0.2) is 96.4 Å². The zero-order valence-electron chi connectivity index (χ0n) is 78.9. The van der Waals surface area contributed by atoms with Crippen LogP contribution in [0, 0.1) is 5.82 Å². The van der Waals surface area contributed by atoms with Gasteiger partial charge in [-0.1, -0.05) is 271 Å². The molecule has 0 atom stereocenters. The first-order chi connectivity index (χ1) is 68.8. The lowest BCUT2D eigenvalue weighted by Gasteiger charge is -2.12. The predicted molar refractivity (Wildman–Crippen MR) is 583 cm³/mol. The normalized spacial score (nSPS) is 12.5. The molecule has 16 nitrogen and oxygen atoms in total. The molecule has 0 radical (unpaired) electrons. The highest BCUT2D eigenvalue weighted by Gasteiger charge is 2.29. The van der Waals surface area contributed by atoms with Gasteiger partial charge in [0.2, 0.25) is 0 Å². The topological polar surface area (TPSA) is 217 Å². The lowest BCUT2D eigenvalue weighted by atomic mass is 10.0. The number of rotatable bonds is 18. The van der Waals surface area contributed by atoms with E-state index >= 15 is 0 Å². The van der Waals surface area contributed by atoms with E-state index in [0.717, 1.165) is 163 Å². The SMILES string of the molecule is CC(C)NC(=O)c1ccc2c(c1)N=C(c1ccc(Cl)c(Cl)c1)c1ccccc1S2.CC(C)NC(=O)c1ccc2c(c1)N=C(c1ccccc1F)c1ccccc1S2.CCCNC(=O)c1ccc2c(c1)N=C(c1cccc(Cl)c1)c1ccccc1S2.CCCNC(=O)c1ccc2c(c1)N=C(c1ccccc1Cl)c1ccccc1S2.COc1ccccc1C1=Nc2cc(C(=O)NC(C)C)ccc2Sc2ccccc21. The summed E-state index contributed by atoms with van der Waals surface area (Å²) in [6.45, 7) is 17.0. The first-order valence-corrected chi connectivity index (χ1v) is 51.8. The number of halogens is 5. The molecule has 0 unspecified atom stereocenters. The zero-order chi connectivity index (χ0) is 99.6. The van der Waals surface area contributed by atoms with E-state index in [0.29, 0.717) is 78.0 Å². The Labute approximate surface area is 867 Å². The second kappa shape index (κ2) is 47.5. The molecule has 5 heterocycles. The van der Waals surface area contributed by atoms with Crippen molar-refractivity contribution in [1.82, 2.24) is 26.6 Å². The number of amides is 5. The summed E-state index contributed by atoms with van der Waals surface area (Å²) in [5, 5.41) is 16.9. The summed E-state index contributed by atoms with van der Waals surface area (Å²) in [5.74, 6) is -0.0557. The van der Waals surface area contributed by atoms with Crippen LogP contribution < -0.4 is 31.3 Å². The van der Waals surface area contributed by atoms with Crippen molar-refractivity contribution in [3.8, 4) is 5.75 Å². The molecule has 142 heavy (non-hydrogen) atoms. The van der Waals surface area contributed by atoms with Crippen molar-refractivity contribution in [2.45, 2.75) is 135 Å². The van der Waals surface area contributed by atoms with E-state index < -0.39 is 0 Å². The summed E-state index contributed by atoms with van der Waals surface area (Å²) in [7, 11) is 1.67. The van der Waals surface area contributed by atoms with Crippen molar-refractivity contribution in [1.29, 1.82) is 0 Å². The molecule has 20 rings (SSSR count). The zero-order valence-corrected chi connectivity index (χ0v) is 86.0. The summed E-state index contributed by atoms with van der Waals surface area (Å²) in [4.78, 5) is 97.4. The average molecular weight is 2050 g/mol. The summed E-state index contributed by atoms with van der Waals surface area (Å²) in [6, 6.07) is 104. The molecule has 712 valence electrons. The van der Waals surface area contributed by atoms with E-state index in [9.17, 15) is 28.4 Å². The third kappa shape index (κ3) is 24.7. The van der Waals surface area contributed by atoms with E-state index in [1.165, 1.54) is 6.07 Å². The lowest BCUT2D eigenvalue weighted by molar-refractivity contribution is 0.0934. The molecule has 0 aliphatic carbocycles. The van der Waals surface area contributed by atoms with Crippen LogP contribution in [-0.2, 0) is 0 Å². The third-order valence-corrected chi connectivity index (χ3v) is 29.3. The molecule has 0 saturated carbocycles. The molecule has 26 heteroatoms. The smallest absolute Gasteiger partial charge is 0.251 e.